The first-order chi connectivity index (χ1) is 8.52. The molecule has 0 amide bonds. The summed E-state index contributed by atoms with van der Waals surface area (Å²) in [6.07, 6.45) is 0.684. The van der Waals surface area contributed by atoms with E-state index in [1.54, 1.807) is 0 Å². The number of hydrogen-bond acceptors (Lipinski definition) is 3. The Labute approximate surface area is 110 Å². The van der Waals surface area contributed by atoms with Crippen molar-refractivity contribution in [3.05, 3.63) is 29.8 Å². The second kappa shape index (κ2) is 7.39. The van der Waals surface area contributed by atoms with Gasteiger partial charge in [-0.15, -0.1) is 0 Å². The van der Waals surface area contributed by atoms with Gasteiger partial charge in [0.05, 0.1) is 12.2 Å². The topological polar surface area (TPSA) is 41.5 Å². The Morgan fingerprint density at radius 3 is 2.61 bits per heavy atom. The van der Waals surface area contributed by atoms with Crippen molar-refractivity contribution in [1.29, 1.82) is 0 Å². The van der Waals surface area contributed by atoms with Crippen molar-refractivity contribution in [2.24, 2.45) is 0 Å². The zero-order valence-electron chi connectivity index (χ0n) is 11.8. The quantitative estimate of drug-likeness (QED) is 0.783. The lowest BCUT2D eigenvalue weighted by Crippen LogP contribution is -2.28. The highest BCUT2D eigenvalue weighted by Gasteiger charge is 2.08. The Hall–Kier alpha value is -1.06. The van der Waals surface area contributed by atoms with E-state index in [1.165, 1.54) is 5.56 Å². The number of aliphatic hydroxyl groups excluding tert-OH is 1. The van der Waals surface area contributed by atoms with E-state index in [1.807, 2.05) is 32.9 Å². The van der Waals surface area contributed by atoms with Gasteiger partial charge in [-0.25, -0.2) is 0 Å². The molecule has 1 aromatic carbocycles. The maximum absolute atomic E-state index is 9.54. The minimum Gasteiger partial charge on any atom is -0.491 e. The first kappa shape index (κ1) is 15.0. The molecule has 3 nitrogen and oxygen atoms in total. The van der Waals surface area contributed by atoms with Gasteiger partial charge in [0.1, 0.15) is 5.75 Å². The molecule has 2 N–H and O–H groups in total. The Balaban J connectivity index is 2.59. The molecule has 0 radical (unpaired) electrons. The highest BCUT2D eigenvalue weighted by Crippen LogP contribution is 2.20. The van der Waals surface area contributed by atoms with Crippen LogP contribution in [0.1, 0.15) is 45.7 Å². The molecule has 0 saturated carbocycles. The van der Waals surface area contributed by atoms with Gasteiger partial charge in [-0.05, 0) is 44.9 Å². The molecule has 0 aromatic heterocycles. The smallest absolute Gasteiger partial charge is 0.120 e. The first-order valence-corrected chi connectivity index (χ1v) is 6.71. The van der Waals surface area contributed by atoms with Gasteiger partial charge in [0.25, 0.3) is 0 Å². The van der Waals surface area contributed by atoms with Crippen molar-refractivity contribution in [3.8, 4) is 5.75 Å². The molecule has 2 atom stereocenters. The van der Waals surface area contributed by atoms with E-state index in [0.717, 1.165) is 12.2 Å². The zero-order chi connectivity index (χ0) is 13.5. The predicted molar refractivity (Wildman–Crippen MR) is 74.9 cm³/mol. The first-order valence-electron chi connectivity index (χ1n) is 6.71. The van der Waals surface area contributed by atoms with Crippen molar-refractivity contribution >= 4 is 0 Å². The van der Waals surface area contributed by atoms with Gasteiger partial charge in [-0.1, -0.05) is 19.1 Å². The van der Waals surface area contributed by atoms with Gasteiger partial charge in [0, 0.05) is 12.6 Å². The maximum Gasteiger partial charge on any atom is 0.120 e. The van der Waals surface area contributed by atoms with Crippen molar-refractivity contribution in [2.75, 3.05) is 6.54 Å². The molecule has 3 heteroatoms. The van der Waals surface area contributed by atoms with E-state index in [0.29, 0.717) is 6.54 Å². The summed E-state index contributed by atoms with van der Waals surface area (Å²) in [4.78, 5) is 0. The summed E-state index contributed by atoms with van der Waals surface area (Å²) in [7, 11) is 0. The highest BCUT2D eigenvalue weighted by molar-refractivity contribution is 5.30. The summed E-state index contributed by atoms with van der Waals surface area (Å²) < 4.78 is 5.67. The summed E-state index contributed by atoms with van der Waals surface area (Å²) in [6.45, 7) is 8.73. The molecule has 1 aromatic rings. The molecule has 0 aliphatic carbocycles. The Kier molecular flexibility index (Phi) is 6.16. The van der Waals surface area contributed by atoms with Crippen LogP contribution in [-0.4, -0.2) is 23.9 Å². The van der Waals surface area contributed by atoms with Crippen LogP contribution in [0.3, 0.4) is 0 Å². The number of aliphatic hydroxyl groups is 1. The summed E-state index contributed by atoms with van der Waals surface area (Å²) in [5, 5.41) is 12.9. The van der Waals surface area contributed by atoms with Crippen LogP contribution >= 0.6 is 0 Å². The van der Waals surface area contributed by atoms with E-state index in [9.17, 15) is 5.11 Å². The van der Waals surface area contributed by atoms with Crippen LogP contribution in [-0.2, 0) is 0 Å². The summed E-state index contributed by atoms with van der Waals surface area (Å²) in [5.41, 5.74) is 1.18. The van der Waals surface area contributed by atoms with Gasteiger partial charge in [0.15, 0.2) is 0 Å². The number of benzene rings is 1. The second-order valence-corrected chi connectivity index (χ2v) is 4.93. The standard InChI is InChI=1S/C15H25NO2/c1-5-14(17)10-16-12(4)13-7-6-8-15(9-13)18-11(2)3/h6-9,11-12,14,16-17H,5,10H2,1-4H3/t12?,14-/m1/s1. The van der Waals surface area contributed by atoms with E-state index in [2.05, 4.69) is 24.4 Å². The third-order valence-corrected chi connectivity index (χ3v) is 2.86. The highest BCUT2D eigenvalue weighted by atomic mass is 16.5. The maximum atomic E-state index is 9.54. The fourth-order valence-corrected chi connectivity index (χ4v) is 1.70. The summed E-state index contributed by atoms with van der Waals surface area (Å²) >= 11 is 0. The average molecular weight is 251 g/mol. The molecule has 0 bridgehead atoms. The van der Waals surface area contributed by atoms with Crippen LogP contribution in [0, 0.1) is 0 Å². The molecule has 102 valence electrons. The van der Waals surface area contributed by atoms with Crippen LogP contribution in [0.15, 0.2) is 24.3 Å². The summed E-state index contributed by atoms with van der Waals surface area (Å²) in [5.74, 6) is 0.896. The molecule has 18 heavy (non-hydrogen) atoms. The van der Waals surface area contributed by atoms with E-state index < -0.39 is 0 Å². The van der Waals surface area contributed by atoms with Crippen LogP contribution in [0.25, 0.3) is 0 Å². The minimum absolute atomic E-state index is 0.186. The van der Waals surface area contributed by atoms with Gasteiger partial charge in [-0.2, -0.15) is 0 Å². The Morgan fingerprint density at radius 1 is 1.28 bits per heavy atom. The lowest BCUT2D eigenvalue weighted by atomic mass is 10.1. The third kappa shape index (κ3) is 5.07. The Morgan fingerprint density at radius 2 is 2.00 bits per heavy atom. The van der Waals surface area contributed by atoms with Gasteiger partial charge < -0.3 is 15.2 Å². The lowest BCUT2D eigenvalue weighted by Gasteiger charge is -2.18. The minimum atomic E-state index is -0.275. The SMILES string of the molecule is CC[C@@H](O)CNC(C)c1cccc(OC(C)C)c1. The molecular formula is C15H25NO2. The monoisotopic (exact) mass is 251 g/mol. The van der Waals surface area contributed by atoms with E-state index in [-0.39, 0.29) is 18.2 Å². The molecule has 0 fully saturated rings. The van der Waals surface area contributed by atoms with Crippen molar-refractivity contribution in [1.82, 2.24) is 5.32 Å². The number of rotatable bonds is 7. The molecule has 0 aliphatic heterocycles. The molecule has 0 aliphatic rings. The van der Waals surface area contributed by atoms with Crippen LogP contribution < -0.4 is 10.1 Å². The molecule has 0 spiro atoms. The molecule has 0 heterocycles. The van der Waals surface area contributed by atoms with Crippen molar-refractivity contribution in [2.45, 2.75) is 52.4 Å². The predicted octanol–water partition coefficient (Wildman–Crippen LogP) is 2.90. The average Bonchev–Trinajstić information content (AvgIpc) is 2.35. The van der Waals surface area contributed by atoms with Crippen LogP contribution in [0.5, 0.6) is 5.75 Å². The summed E-state index contributed by atoms with van der Waals surface area (Å²) in [6, 6.07) is 8.31. The largest absolute Gasteiger partial charge is 0.491 e. The van der Waals surface area contributed by atoms with Crippen LogP contribution in [0.4, 0.5) is 0 Å². The van der Waals surface area contributed by atoms with Crippen molar-refractivity contribution in [3.63, 3.8) is 0 Å². The fraction of sp³-hybridized carbons (Fsp3) is 0.600. The van der Waals surface area contributed by atoms with Gasteiger partial charge in [0.2, 0.25) is 0 Å². The Bertz CT molecular complexity index is 352. The third-order valence-electron chi connectivity index (χ3n) is 2.86. The molecule has 1 rings (SSSR count). The molecule has 1 unspecified atom stereocenters. The normalized spacial score (nSPS) is 14.6. The molecule has 0 saturated heterocycles. The fourth-order valence-electron chi connectivity index (χ4n) is 1.70. The van der Waals surface area contributed by atoms with Gasteiger partial charge in [-0.3, -0.25) is 0 Å². The second-order valence-electron chi connectivity index (χ2n) is 4.93. The number of ether oxygens (including phenoxy) is 1. The van der Waals surface area contributed by atoms with Crippen molar-refractivity contribution < 1.29 is 9.84 Å². The van der Waals surface area contributed by atoms with E-state index in [4.69, 9.17) is 4.74 Å². The zero-order valence-corrected chi connectivity index (χ0v) is 11.8. The van der Waals surface area contributed by atoms with Crippen LogP contribution in [0.2, 0.25) is 0 Å². The number of nitrogens with one attached hydrogen (secondary N) is 1. The lowest BCUT2D eigenvalue weighted by molar-refractivity contribution is 0.163. The number of hydrogen-bond donors (Lipinski definition) is 2. The van der Waals surface area contributed by atoms with Gasteiger partial charge >= 0.3 is 0 Å². The molecular weight excluding hydrogens is 226 g/mol. The van der Waals surface area contributed by atoms with E-state index >= 15 is 0 Å².